The van der Waals surface area contributed by atoms with Crippen LogP contribution in [0.3, 0.4) is 0 Å². The molecule has 1 aromatic heterocycles. The molecule has 25 heavy (non-hydrogen) atoms. The summed E-state index contributed by atoms with van der Waals surface area (Å²) < 4.78 is 38.6. The average molecular weight is 364 g/mol. The van der Waals surface area contributed by atoms with E-state index in [0.29, 0.717) is 5.82 Å². The summed E-state index contributed by atoms with van der Waals surface area (Å²) in [5.74, 6) is 0.115. The number of nitrogens with zero attached hydrogens (tertiary/aromatic N) is 3. The van der Waals surface area contributed by atoms with Gasteiger partial charge in [0.15, 0.2) is 0 Å². The summed E-state index contributed by atoms with van der Waals surface area (Å²) in [6, 6.07) is 10.1. The molecule has 1 N–H and O–H groups in total. The molecule has 6 nitrogen and oxygen atoms in total. The summed E-state index contributed by atoms with van der Waals surface area (Å²) in [5, 5.41) is 0. The zero-order valence-corrected chi connectivity index (χ0v) is 14.8. The van der Waals surface area contributed by atoms with Gasteiger partial charge in [0.2, 0.25) is 10.0 Å². The summed E-state index contributed by atoms with van der Waals surface area (Å²) in [6.45, 7) is 4.88. The van der Waals surface area contributed by atoms with Crippen molar-refractivity contribution in [3.05, 3.63) is 48.4 Å². The maximum atomic E-state index is 13.0. The van der Waals surface area contributed by atoms with Crippen LogP contribution >= 0.6 is 0 Å². The molecule has 0 atom stereocenters. The van der Waals surface area contributed by atoms with Crippen molar-refractivity contribution in [3.8, 4) is 0 Å². The van der Waals surface area contributed by atoms with E-state index in [4.69, 9.17) is 0 Å². The highest BCUT2D eigenvalue weighted by Gasteiger charge is 2.18. The Hall–Kier alpha value is -2.35. The number of piperazine rings is 1. The van der Waals surface area contributed by atoms with Crippen LogP contribution in [-0.4, -0.2) is 45.3 Å². The minimum atomic E-state index is -3.31. The Labute approximate surface area is 147 Å². The Balaban J connectivity index is 1.60. The number of aromatic nitrogens is 1. The zero-order valence-electron chi connectivity index (χ0n) is 14.0. The molecule has 0 spiro atoms. The first-order valence-corrected chi connectivity index (χ1v) is 9.84. The molecule has 1 fully saturated rings. The van der Waals surface area contributed by atoms with Gasteiger partial charge in [-0.25, -0.2) is 17.8 Å². The molecule has 1 aromatic carbocycles. The minimum absolute atomic E-state index is 0.0157. The number of sulfonamides is 1. The van der Waals surface area contributed by atoms with Crippen molar-refractivity contribution in [1.29, 1.82) is 0 Å². The molecule has 8 heteroatoms. The molecule has 0 radical (unpaired) electrons. The van der Waals surface area contributed by atoms with Crippen LogP contribution in [-0.2, 0) is 10.0 Å². The van der Waals surface area contributed by atoms with Gasteiger partial charge in [0.05, 0.1) is 17.6 Å². The number of anilines is 3. The van der Waals surface area contributed by atoms with E-state index in [1.165, 1.54) is 12.1 Å². The number of hydrogen-bond acceptors (Lipinski definition) is 5. The molecule has 2 heterocycles. The van der Waals surface area contributed by atoms with Crippen LogP contribution < -0.4 is 14.5 Å². The second-order valence-corrected chi connectivity index (χ2v) is 7.87. The third-order valence-corrected chi connectivity index (χ3v) is 5.50. The predicted octanol–water partition coefficient (Wildman–Crippen LogP) is 2.31. The van der Waals surface area contributed by atoms with Crippen LogP contribution in [0.5, 0.6) is 0 Å². The number of rotatable bonds is 5. The first-order valence-electron chi connectivity index (χ1n) is 8.19. The number of pyridine rings is 1. The van der Waals surface area contributed by atoms with E-state index in [1.54, 1.807) is 31.3 Å². The van der Waals surface area contributed by atoms with Crippen molar-refractivity contribution in [2.24, 2.45) is 0 Å². The average Bonchev–Trinajstić information content (AvgIpc) is 2.63. The summed E-state index contributed by atoms with van der Waals surface area (Å²) in [6.07, 6.45) is 1.68. The third-order valence-electron chi connectivity index (χ3n) is 4.22. The molecule has 2 aromatic rings. The van der Waals surface area contributed by atoms with Gasteiger partial charge in [0.1, 0.15) is 11.6 Å². The lowest BCUT2D eigenvalue weighted by molar-refractivity contribution is 0.602. The van der Waals surface area contributed by atoms with E-state index in [2.05, 4.69) is 19.5 Å². The largest absolute Gasteiger partial charge is 0.368 e. The smallest absolute Gasteiger partial charge is 0.233 e. The fourth-order valence-corrected chi connectivity index (χ4v) is 3.32. The van der Waals surface area contributed by atoms with Gasteiger partial charge in [0, 0.05) is 31.9 Å². The number of halogens is 1. The lowest BCUT2D eigenvalue weighted by Crippen LogP contribution is -2.46. The maximum absolute atomic E-state index is 13.0. The molecule has 1 aliphatic heterocycles. The standard InChI is InChI=1S/C17H21FN4O2S/c1-2-25(23,24)20-17-8-7-16(13-19-17)22-11-9-21(10-12-22)15-5-3-14(18)4-6-15/h3-8,13H,2,9-12H2,1H3,(H,19,20). The van der Waals surface area contributed by atoms with Gasteiger partial charge in [-0.3, -0.25) is 4.72 Å². The van der Waals surface area contributed by atoms with Gasteiger partial charge in [-0.05, 0) is 43.3 Å². The van der Waals surface area contributed by atoms with E-state index in [1.807, 2.05) is 6.07 Å². The van der Waals surface area contributed by atoms with Gasteiger partial charge in [-0.15, -0.1) is 0 Å². The Morgan fingerprint density at radius 2 is 1.56 bits per heavy atom. The molecule has 134 valence electrons. The Morgan fingerprint density at radius 1 is 1.00 bits per heavy atom. The van der Waals surface area contributed by atoms with Crippen molar-refractivity contribution >= 4 is 27.2 Å². The molecule has 0 unspecified atom stereocenters. The van der Waals surface area contributed by atoms with Crippen molar-refractivity contribution in [2.75, 3.05) is 46.5 Å². The normalized spacial score (nSPS) is 15.3. The van der Waals surface area contributed by atoms with Crippen LogP contribution in [0.25, 0.3) is 0 Å². The lowest BCUT2D eigenvalue weighted by Gasteiger charge is -2.37. The van der Waals surface area contributed by atoms with Gasteiger partial charge in [-0.1, -0.05) is 0 Å². The number of benzene rings is 1. The quantitative estimate of drug-likeness (QED) is 0.882. The first kappa shape index (κ1) is 17.5. The second-order valence-electron chi connectivity index (χ2n) is 5.86. The molecule has 0 saturated carbocycles. The molecule has 1 saturated heterocycles. The Morgan fingerprint density at radius 3 is 2.08 bits per heavy atom. The van der Waals surface area contributed by atoms with E-state index in [0.717, 1.165) is 37.6 Å². The topological polar surface area (TPSA) is 65.5 Å². The second kappa shape index (κ2) is 7.26. The summed E-state index contributed by atoms with van der Waals surface area (Å²) in [5.41, 5.74) is 1.97. The summed E-state index contributed by atoms with van der Waals surface area (Å²) in [7, 11) is -3.31. The van der Waals surface area contributed by atoms with Crippen molar-refractivity contribution in [2.45, 2.75) is 6.92 Å². The van der Waals surface area contributed by atoms with Gasteiger partial charge < -0.3 is 9.80 Å². The Bertz CT molecular complexity index is 802. The maximum Gasteiger partial charge on any atom is 0.233 e. The SMILES string of the molecule is CCS(=O)(=O)Nc1ccc(N2CCN(c3ccc(F)cc3)CC2)cn1. The molecule has 0 aliphatic carbocycles. The van der Waals surface area contributed by atoms with E-state index in [-0.39, 0.29) is 11.6 Å². The van der Waals surface area contributed by atoms with Crippen molar-refractivity contribution < 1.29 is 12.8 Å². The number of hydrogen-bond donors (Lipinski definition) is 1. The highest BCUT2D eigenvalue weighted by atomic mass is 32.2. The molecule has 3 rings (SSSR count). The molecular weight excluding hydrogens is 343 g/mol. The highest BCUT2D eigenvalue weighted by molar-refractivity contribution is 7.92. The van der Waals surface area contributed by atoms with Crippen LogP contribution in [0.15, 0.2) is 42.6 Å². The molecule has 0 amide bonds. The van der Waals surface area contributed by atoms with Crippen LogP contribution in [0.1, 0.15) is 6.92 Å². The summed E-state index contributed by atoms with van der Waals surface area (Å²) in [4.78, 5) is 8.60. The minimum Gasteiger partial charge on any atom is -0.368 e. The molecular formula is C17H21FN4O2S. The van der Waals surface area contributed by atoms with Crippen LogP contribution in [0.4, 0.5) is 21.6 Å². The van der Waals surface area contributed by atoms with Crippen LogP contribution in [0, 0.1) is 5.82 Å². The van der Waals surface area contributed by atoms with E-state index in [9.17, 15) is 12.8 Å². The molecule has 0 bridgehead atoms. The Kier molecular flexibility index (Phi) is 5.08. The highest BCUT2D eigenvalue weighted by Crippen LogP contribution is 2.21. The predicted molar refractivity (Wildman–Crippen MR) is 98.1 cm³/mol. The fraction of sp³-hybridized carbons (Fsp3) is 0.353. The number of nitrogens with one attached hydrogen (secondary N) is 1. The van der Waals surface area contributed by atoms with E-state index >= 15 is 0 Å². The van der Waals surface area contributed by atoms with Crippen molar-refractivity contribution in [3.63, 3.8) is 0 Å². The van der Waals surface area contributed by atoms with Gasteiger partial charge in [0.25, 0.3) is 0 Å². The van der Waals surface area contributed by atoms with Crippen molar-refractivity contribution in [1.82, 2.24) is 4.98 Å². The first-order chi connectivity index (χ1) is 12.0. The zero-order chi connectivity index (χ0) is 17.9. The van der Waals surface area contributed by atoms with Gasteiger partial charge in [-0.2, -0.15) is 0 Å². The molecule has 1 aliphatic rings. The van der Waals surface area contributed by atoms with Gasteiger partial charge >= 0.3 is 0 Å². The monoisotopic (exact) mass is 364 g/mol. The van der Waals surface area contributed by atoms with Crippen LogP contribution in [0.2, 0.25) is 0 Å². The van der Waals surface area contributed by atoms with E-state index < -0.39 is 10.0 Å². The summed E-state index contributed by atoms with van der Waals surface area (Å²) >= 11 is 0. The lowest BCUT2D eigenvalue weighted by atomic mass is 10.2. The third kappa shape index (κ3) is 4.39. The fourth-order valence-electron chi connectivity index (χ4n) is 2.74.